The van der Waals surface area contributed by atoms with E-state index >= 15 is 0 Å². The van der Waals surface area contributed by atoms with Crippen molar-refractivity contribution in [2.75, 3.05) is 6.54 Å². The Morgan fingerprint density at radius 2 is 1.88 bits per heavy atom. The third kappa shape index (κ3) is 5.27. The fourth-order valence-electron chi connectivity index (χ4n) is 3.58. The normalized spacial score (nSPS) is 21.0. The van der Waals surface area contributed by atoms with Crippen LogP contribution in [0.3, 0.4) is 0 Å². The van der Waals surface area contributed by atoms with Crippen LogP contribution in [0.1, 0.15) is 48.8 Å². The summed E-state index contributed by atoms with van der Waals surface area (Å²) < 4.78 is 0. The number of aliphatic hydroxyl groups excluding tert-OH is 1. The van der Waals surface area contributed by atoms with Crippen LogP contribution in [-0.2, 0) is 0 Å². The molecule has 1 fully saturated rings. The van der Waals surface area contributed by atoms with E-state index in [1.165, 1.54) is 0 Å². The van der Waals surface area contributed by atoms with Crippen LogP contribution in [0.2, 0.25) is 5.02 Å². The maximum absolute atomic E-state index is 10.3. The molecule has 4 nitrogen and oxygen atoms in total. The van der Waals surface area contributed by atoms with Gasteiger partial charge in [0.05, 0.1) is 6.10 Å². The maximum atomic E-state index is 10.3. The first-order valence-electron chi connectivity index (χ1n) is 8.71. The van der Waals surface area contributed by atoms with E-state index in [-0.39, 0.29) is 23.9 Å². The minimum Gasteiger partial charge on any atom is -0.504 e. The van der Waals surface area contributed by atoms with Gasteiger partial charge in [0.1, 0.15) is 0 Å². The lowest BCUT2D eigenvalue weighted by Crippen LogP contribution is -2.36. The van der Waals surface area contributed by atoms with Gasteiger partial charge in [-0.25, -0.2) is 0 Å². The standard InChI is InChI=1S/C20H24ClNO3.ClH/c21-16-5-1-4-15(9-16)20(25)12-22-17-6-2-3-13(10-17)14-7-8-18(23)19(24)11-14;/h1,4-5,7-9,11,13,17,20,22-25H,2-3,6,10,12H2;1H/t13?,17?,20-;/m0./s1. The molecule has 2 unspecified atom stereocenters. The van der Waals surface area contributed by atoms with Gasteiger partial charge in [-0.1, -0.05) is 36.2 Å². The second-order valence-corrected chi connectivity index (χ2v) is 7.22. The van der Waals surface area contributed by atoms with E-state index in [9.17, 15) is 15.3 Å². The zero-order valence-corrected chi connectivity index (χ0v) is 16.0. The molecule has 1 aliphatic carbocycles. The summed E-state index contributed by atoms with van der Waals surface area (Å²) in [6.07, 6.45) is 3.60. The van der Waals surface area contributed by atoms with E-state index in [1.54, 1.807) is 24.3 Å². The number of benzene rings is 2. The lowest BCUT2D eigenvalue weighted by Gasteiger charge is -2.31. The number of nitrogens with one attached hydrogen (secondary N) is 1. The Kier molecular flexibility index (Phi) is 7.59. The zero-order chi connectivity index (χ0) is 17.8. The van der Waals surface area contributed by atoms with Crippen molar-refractivity contribution in [3.05, 3.63) is 58.6 Å². The van der Waals surface area contributed by atoms with Gasteiger partial charge in [-0.2, -0.15) is 0 Å². The molecule has 0 aliphatic heterocycles. The molecule has 2 aromatic carbocycles. The number of phenolic OH excluding ortho intramolecular Hbond substituents is 2. The predicted molar refractivity (Wildman–Crippen MR) is 106 cm³/mol. The van der Waals surface area contributed by atoms with E-state index in [0.717, 1.165) is 36.8 Å². The molecule has 0 aromatic heterocycles. The van der Waals surface area contributed by atoms with Gasteiger partial charge in [-0.3, -0.25) is 0 Å². The number of halogens is 2. The molecule has 6 heteroatoms. The maximum Gasteiger partial charge on any atom is 0.157 e. The monoisotopic (exact) mass is 397 g/mol. The van der Waals surface area contributed by atoms with Crippen molar-refractivity contribution >= 4 is 24.0 Å². The van der Waals surface area contributed by atoms with E-state index in [0.29, 0.717) is 23.5 Å². The van der Waals surface area contributed by atoms with E-state index < -0.39 is 6.10 Å². The highest BCUT2D eigenvalue weighted by atomic mass is 35.5. The first-order chi connectivity index (χ1) is 12.0. The topological polar surface area (TPSA) is 72.7 Å². The van der Waals surface area contributed by atoms with Gasteiger partial charge in [0, 0.05) is 17.6 Å². The van der Waals surface area contributed by atoms with Gasteiger partial charge < -0.3 is 20.6 Å². The average molecular weight is 398 g/mol. The highest BCUT2D eigenvalue weighted by Gasteiger charge is 2.24. The molecule has 26 heavy (non-hydrogen) atoms. The Balaban J connectivity index is 0.00000243. The third-order valence-electron chi connectivity index (χ3n) is 4.98. The molecule has 1 saturated carbocycles. The summed E-state index contributed by atoms with van der Waals surface area (Å²) >= 11 is 5.98. The molecular weight excluding hydrogens is 373 g/mol. The van der Waals surface area contributed by atoms with Crippen molar-refractivity contribution in [2.24, 2.45) is 0 Å². The van der Waals surface area contributed by atoms with Crippen LogP contribution in [0.15, 0.2) is 42.5 Å². The molecule has 0 heterocycles. The highest BCUT2D eigenvalue weighted by Crippen LogP contribution is 2.36. The number of phenols is 2. The summed E-state index contributed by atoms with van der Waals surface area (Å²) in [5.74, 6) is 0.198. The third-order valence-corrected chi connectivity index (χ3v) is 5.21. The molecule has 3 atom stereocenters. The Bertz CT molecular complexity index is 726. The van der Waals surface area contributed by atoms with E-state index in [2.05, 4.69) is 5.32 Å². The van der Waals surface area contributed by atoms with Crippen molar-refractivity contribution in [3.8, 4) is 11.5 Å². The van der Waals surface area contributed by atoms with Crippen LogP contribution >= 0.6 is 24.0 Å². The van der Waals surface area contributed by atoms with Crippen LogP contribution in [0.25, 0.3) is 0 Å². The fraction of sp³-hybridized carbons (Fsp3) is 0.400. The number of hydrogen-bond donors (Lipinski definition) is 4. The number of aliphatic hydroxyl groups is 1. The lowest BCUT2D eigenvalue weighted by molar-refractivity contribution is 0.164. The predicted octanol–water partition coefficient (Wildman–Crippen LogP) is 4.52. The SMILES string of the molecule is Cl.Oc1ccc(C2CCCC(NC[C@H](O)c3cccc(Cl)c3)C2)cc1O. The van der Waals surface area contributed by atoms with Gasteiger partial charge >= 0.3 is 0 Å². The molecule has 0 saturated heterocycles. The molecular formula is C20H25Cl2NO3. The number of aromatic hydroxyl groups is 2. The van der Waals surface area contributed by atoms with Crippen LogP contribution in [0, 0.1) is 0 Å². The average Bonchev–Trinajstić information content (AvgIpc) is 2.62. The van der Waals surface area contributed by atoms with E-state index in [1.807, 2.05) is 18.2 Å². The van der Waals surface area contributed by atoms with Crippen LogP contribution in [0.4, 0.5) is 0 Å². The lowest BCUT2D eigenvalue weighted by atomic mass is 9.81. The van der Waals surface area contributed by atoms with Crippen LogP contribution < -0.4 is 5.32 Å². The van der Waals surface area contributed by atoms with Crippen molar-refractivity contribution in [1.29, 1.82) is 0 Å². The summed E-state index contributed by atoms with van der Waals surface area (Å²) in [5.41, 5.74) is 1.87. The molecule has 0 spiro atoms. The van der Waals surface area contributed by atoms with Crippen LogP contribution in [0.5, 0.6) is 11.5 Å². The minimum absolute atomic E-state index is 0. The second kappa shape index (κ2) is 9.47. The fourth-order valence-corrected chi connectivity index (χ4v) is 3.78. The second-order valence-electron chi connectivity index (χ2n) is 6.79. The van der Waals surface area contributed by atoms with Crippen molar-refractivity contribution in [3.63, 3.8) is 0 Å². The molecule has 4 N–H and O–H groups in total. The summed E-state index contributed by atoms with van der Waals surface area (Å²) in [6, 6.07) is 12.7. The Hall–Kier alpha value is -1.46. The molecule has 2 aromatic rings. The molecule has 0 amide bonds. The summed E-state index contributed by atoms with van der Waals surface area (Å²) in [7, 11) is 0. The Morgan fingerprint density at radius 1 is 1.08 bits per heavy atom. The van der Waals surface area contributed by atoms with Gasteiger partial charge in [0.2, 0.25) is 0 Å². The van der Waals surface area contributed by atoms with Crippen molar-refractivity contribution in [1.82, 2.24) is 5.32 Å². The highest BCUT2D eigenvalue weighted by molar-refractivity contribution is 6.30. The molecule has 0 radical (unpaired) electrons. The van der Waals surface area contributed by atoms with Gasteiger partial charge in [-0.15, -0.1) is 12.4 Å². The quantitative estimate of drug-likeness (QED) is 0.559. The largest absolute Gasteiger partial charge is 0.504 e. The molecule has 1 aliphatic rings. The molecule has 142 valence electrons. The summed E-state index contributed by atoms with van der Waals surface area (Å²) in [5, 5.41) is 33.6. The summed E-state index contributed by atoms with van der Waals surface area (Å²) in [4.78, 5) is 0. The Morgan fingerprint density at radius 3 is 2.62 bits per heavy atom. The van der Waals surface area contributed by atoms with Gasteiger partial charge in [-0.05, 0) is 60.6 Å². The smallest absolute Gasteiger partial charge is 0.157 e. The molecule has 0 bridgehead atoms. The van der Waals surface area contributed by atoms with Crippen LogP contribution in [-0.4, -0.2) is 27.9 Å². The minimum atomic E-state index is -0.586. The Labute approximate surface area is 165 Å². The van der Waals surface area contributed by atoms with Crippen molar-refractivity contribution in [2.45, 2.75) is 43.7 Å². The first-order valence-corrected chi connectivity index (χ1v) is 9.09. The zero-order valence-electron chi connectivity index (χ0n) is 14.4. The summed E-state index contributed by atoms with van der Waals surface area (Å²) in [6.45, 7) is 0.485. The first kappa shape index (κ1) is 20.8. The molecule has 3 rings (SSSR count). The number of rotatable bonds is 5. The van der Waals surface area contributed by atoms with Gasteiger partial charge in [0.25, 0.3) is 0 Å². The van der Waals surface area contributed by atoms with E-state index in [4.69, 9.17) is 11.6 Å². The van der Waals surface area contributed by atoms with Gasteiger partial charge in [0.15, 0.2) is 11.5 Å². The number of hydrogen-bond acceptors (Lipinski definition) is 4. The van der Waals surface area contributed by atoms with Crippen molar-refractivity contribution < 1.29 is 15.3 Å².